The van der Waals surface area contributed by atoms with E-state index in [0.29, 0.717) is 4.90 Å². The van der Waals surface area contributed by atoms with Gasteiger partial charge in [0.25, 0.3) is 0 Å². The molecule has 0 heterocycles. The van der Waals surface area contributed by atoms with E-state index < -0.39 is 10.0 Å². The smallest absolute Gasteiger partial charge is 0.208 e. The first kappa shape index (κ1) is 15.6. The van der Waals surface area contributed by atoms with Gasteiger partial charge in [-0.25, -0.2) is 13.1 Å². The van der Waals surface area contributed by atoms with E-state index in [2.05, 4.69) is 32.8 Å². The van der Waals surface area contributed by atoms with E-state index in [1.54, 1.807) is 6.07 Å². The van der Waals surface area contributed by atoms with Crippen molar-refractivity contribution in [3.8, 4) is 0 Å². The Morgan fingerprint density at radius 1 is 1.09 bits per heavy atom. The predicted molar refractivity (Wildman–Crippen MR) is 96.3 cm³/mol. The van der Waals surface area contributed by atoms with Crippen LogP contribution in [0.1, 0.15) is 43.2 Å². The van der Waals surface area contributed by atoms with Gasteiger partial charge in [-0.15, -0.1) is 0 Å². The molecular formula is C18H20BrNO2S. The fourth-order valence-electron chi connectivity index (χ4n) is 4.02. The molecule has 1 N–H and O–H groups in total. The Balaban J connectivity index is 1.80. The zero-order valence-electron chi connectivity index (χ0n) is 12.9. The molecule has 3 nitrogen and oxygen atoms in total. The standard InChI is InChI=1S/C18H20BrNO2S/c19-16-11-17(23(21,22)20-13-6-2-1-3-7-13)15-10-9-12-5-4-8-14(16)18(12)15/h4-5,8,11,13,20H,1-3,6-7,9-10H2. The lowest BCUT2D eigenvalue weighted by atomic mass is 9.96. The monoisotopic (exact) mass is 393 g/mol. The van der Waals surface area contributed by atoms with Crippen LogP contribution in [0.15, 0.2) is 33.6 Å². The number of hydrogen-bond acceptors (Lipinski definition) is 2. The lowest BCUT2D eigenvalue weighted by Crippen LogP contribution is -2.36. The second-order valence-electron chi connectivity index (χ2n) is 6.63. The maximum Gasteiger partial charge on any atom is 0.241 e. The van der Waals surface area contributed by atoms with Crippen molar-refractivity contribution in [2.24, 2.45) is 0 Å². The van der Waals surface area contributed by atoms with E-state index >= 15 is 0 Å². The average molecular weight is 394 g/mol. The van der Waals surface area contributed by atoms with E-state index in [4.69, 9.17) is 0 Å². The zero-order valence-corrected chi connectivity index (χ0v) is 15.3. The van der Waals surface area contributed by atoms with E-state index in [9.17, 15) is 8.42 Å². The van der Waals surface area contributed by atoms with Gasteiger partial charge < -0.3 is 0 Å². The van der Waals surface area contributed by atoms with Gasteiger partial charge in [-0.05, 0) is 53.6 Å². The normalized spacial score (nSPS) is 18.7. The number of hydrogen-bond donors (Lipinski definition) is 1. The Labute approximate surface area is 145 Å². The van der Waals surface area contributed by atoms with E-state index in [-0.39, 0.29) is 6.04 Å². The van der Waals surface area contributed by atoms with E-state index in [0.717, 1.165) is 59.3 Å². The summed E-state index contributed by atoms with van der Waals surface area (Å²) in [6.07, 6.45) is 7.09. The summed E-state index contributed by atoms with van der Waals surface area (Å²) >= 11 is 3.57. The summed E-state index contributed by atoms with van der Waals surface area (Å²) in [6, 6.07) is 8.09. The van der Waals surface area contributed by atoms with Crippen molar-refractivity contribution in [2.45, 2.75) is 55.9 Å². The molecule has 1 saturated carbocycles. The Morgan fingerprint density at radius 3 is 2.65 bits per heavy atom. The van der Waals surface area contributed by atoms with Gasteiger partial charge in [0.2, 0.25) is 10.0 Å². The van der Waals surface area contributed by atoms with Gasteiger partial charge in [0, 0.05) is 10.5 Å². The highest BCUT2D eigenvalue weighted by Gasteiger charge is 2.28. The first-order chi connectivity index (χ1) is 11.1. The zero-order chi connectivity index (χ0) is 16.0. The summed E-state index contributed by atoms with van der Waals surface area (Å²) in [6.45, 7) is 0. The van der Waals surface area contributed by atoms with Crippen LogP contribution in [0.2, 0.25) is 0 Å². The molecule has 0 bridgehead atoms. The van der Waals surface area contributed by atoms with Gasteiger partial charge in [-0.2, -0.15) is 0 Å². The predicted octanol–water partition coefficient (Wildman–Crippen LogP) is 4.31. The van der Waals surface area contributed by atoms with Crippen LogP contribution in [0.5, 0.6) is 0 Å². The van der Waals surface area contributed by atoms with E-state index in [1.807, 2.05) is 6.07 Å². The van der Waals surface area contributed by atoms with Gasteiger partial charge in [-0.3, -0.25) is 0 Å². The molecule has 2 aromatic carbocycles. The highest BCUT2D eigenvalue weighted by atomic mass is 79.9. The Kier molecular flexibility index (Phi) is 3.98. The Hall–Kier alpha value is -0.910. The first-order valence-corrected chi connectivity index (χ1v) is 10.6. The van der Waals surface area contributed by atoms with Gasteiger partial charge in [0.1, 0.15) is 0 Å². The molecule has 4 rings (SSSR count). The minimum Gasteiger partial charge on any atom is -0.208 e. The first-order valence-electron chi connectivity index (χ1n) is 8.31. The van der Waals surface area contributed by atoms with Crippen LogP contribution in [0.4, 0.5) is 0 Å². The lowest BCUT2D eigenvalue weighted by molar-refractivity contribution is 0.412. The summed E-state index contributed by atoms with van der Waals surface area (Å²) in [5.41, 5.74) is 2.25. The fraction of sp³-hybridized carbons (Fsp3) is 0.444. The van der Waals surface area contributed by atoms with Crippen molar-refractivity contribution < 1.29 is 8.42 Å². The van der Waals surface area contributed by atoms with Gasteiger partial charge in [-0.1, -0.05) is 53.4 Å². The molecule has 122 valence electrons. The van der Waals surface area contributed by atoms with Crippen LogP contribution in [0, 0.1) is 0 Å². The highest BCUT2D eigenvalue weighted by Crippen LogP contribution is 2.39. The fourth-order valence-corrected chi connectivity index (χ4v) is 6.33. The number of nitrogens with one attached hydrogen (secondary N) is 1. The molecule has 0 radical (unpaired) electrons. The molecule has 23 heavy (non-hydrogen) atoms. The molecule has 2 aromatic rings. The molecule has 0 unspecified atom stereocenters. The molecule has 0 atom stereocenters. The molecule has 0 aliphatic heterocycles. The van der Waals surface area contributed by atoms with Gasteiger partial charge in [0.05, 0.1) is 4.90 Å². The maximum atomic E-state index is 13.0. The summed E-state index contributed by atoms with van der Waals surface area (Å²) in [4.78, 5) is 0.465. The van der Waals surface area contributed by atoms with Crippen LogP contribution in [0.3, 0.4) is 0 Å². The summed E-state index contributed by atoms with van der Waals surface area (Å²) in [5.74, 6) is 0. The summed E-state index contributed by atoms with van der Waals surface area (Å²) in [5, 5.41) is 2.25. The van der Waals surface area contributed by atoms with Crippen LogP contribution in [0.25, 0.3) is 10.8 Å². The molecular weight excluding hydrogens is 374 g/mol. The van der Waals surface area contributed by atoms with Crippen molar-refractivity contribution >= 4 is 36.7 Å². The third kappa shape index (κ3) is 2.73. The summed E-state index contributed by atoms with van der Waals surface area (Å²) in [7, 11) is -3.46. The van der Waals surface area contributed by atoms with Crippen molar-refractivity contribution in [3.63, 3.8) is 0 Å². The molecule has 1 fully saturated rings. The molecule has 0 amide bonds. The van der Waals surface area contributed by atoms with Gasteiger partial charge >= 0.3 is 0 Å². The quantitative estimate of drug-likeness (QED) is 0.843. The number of aryl methyl sites for hydroxylation is 2. The average Bonchev–Trinajstić information content (AvgIpc) is 2.96. The highest BCUT2D eigenvalue weighted by molar-refractivity contribution is 9.10. The van der Waals surface area contributed by atoms with Gasteiger partial charge in [0.15, 0.2) is 0 Å². The van der Waals surface area contributed by atoms with Crippen LogP contribution < -0.4 is 4.72 Å². The molecule has 0 spiro atoms. The maximum absolute atomic E-state index is 13.0. The second kappa shape index (κ2) is 5.87. The SMILES string of the molecule is O=S(=O)(NC1CCCCC1)c1cc(Br)c2cccc3c2c1CC3. The van der Waals surface area contributed by atoms with Crippen molar-refractivity contribution in [3.05, 3.63) is 39.9 Å². The van der Waals surface area contributed by atoms with Crippen LogP contribution in [-0.4, -0.2) is 14.5 Å². The third-order valence-electron chi connectivity index (χ3n) is 5.13. The molecule has 2 aliphatic rings. The van der Waals surface area contributed by atoms with Crippen molar-refractivity contribution in [1.29, 1.82) is 0 Å². The van der Waals surface area contributed by atoms with Crippen LogP contribution in [-0.2, 0) is 22.9 Å². The number of sulfonamides is 1. The second-order valence-corrected chi connectivity index (χ2v) is 9.17. The minimum atomic E-state index is -3.46. The van der Waals surface area contributed by atoms with Crippen molar-refractivity contribution in [1.82, 2.24) is 4.72 Å². The van der Waals surface area contributed by atoms with E-state index in [1.165, 1.54) is 12.0 Å². The van der Waals surface area contributed by atoms with Crippen molar-refractivity contribution in [2.75, 3.05) is 0 Å². The lowest BCUT2D eigenvalue weighted by Gasteiger charge is -2.23. The number of rotatable bonds is 3. The molecule has 2 aliphatic carbocycles. The number of halogens is 1. The number of benzene rings is 2. The molecule has 0 aromatic heterocycles. The summed E-state index contributed by atoms with van der Waals surface area (Å²) < 4.78 is 29.8. The third-order valence-corrected chi connectivity index (χ3v) is 7.37. The minimum absolute atomic E-state index is 0.0899. The Morgan fingerprint density at radius 2 is 1.87 bits per heavy atom. The topological polar surface area (TPSA) is 46.2 Å². The molecule has 0 saturated heterocycles. The molecule has 5 heteroatoms. The Bertz CT molecular complexity index is 870. The largest absolute Gasteiger partial charge is 0.241 e. The van der Waals surface area contributed by atoms with Crippen LogP contribution >= 0.6 is 15.9 Å².